The van der Waals surface area contributed by atoms with Crippen LogP contribution in [0.3, 0.4) is 0 Å². The number of hydrogen-bond acceptors (Lipinski definition) is 3. The van der Waals surface area contributed by atoms with Gasteiger partial charge in [-0.05, 0) is 20.3 Å². The van der Waals surface area contributed by atoms with Crippen LogP contribution in [0.1, 0.15) is 78.6 Å². The van der Waals surface area contributed by atoms with Gasteiger partial charge in [0.2, 0.25) is 5.79 Å². The van der Waals surface area contributed by atoms with E-state index in [-0.39, 0.29) is 0 Å². The molecule has 0 unspecified atom stereocenters. The molecule has 0 radical (unpaired) electrons. The van der Waals surface area contributed by atoms with Crippen LogP contribution in [0.2, 0.25) is 0 Å². The normalized spacial score (nSPS) is 11.7. The van der Waals surface area contributed by atoms with Crippen LogP contribution >= 0.6 is 0 Å². The molecule has 0 fully saturated rings. The Kier molecular flexibility index (Phi) is 12.3. The zero-order valence-electron chi connectivity index (χ0n) is 13.1. The summed E-state index contributed by atoms with van der Waals surface area (Å²) in [6, 6.07) is 0. The third-order valence-corrected chi connectivity index (χ3v) is 3.34. The molecule has 0 atom stereocenters. The van der Waals surface area contributed by atoms with Crippen molar-refractivity contribution in [1.82, 2.24) is 0 Å². The van der Waals surface area contributed by atoms with Crippen molar-refractivity contribution in [3.8, 4) is 0 Å². The zero-order chi connectivity index (χ0) is 14.4. The van der Waals surface area contributed by atoms with E-state index >= 15 is 0 Å². The smallest absolute Gasteiger partial charge is 0.225 e. The predicted octanol–water partition coefficient (Wildman–Crippen LogP) is 4.49. The monoisotopic (exact) mass is 272 g/mol. The van der Waals surface area contributed by atoms with Crippen LogP contribution in [-0.2, 0) is 14.3 Å². The molecule has 3 heteroatoms. The van der Waals surface area contributed by atoms with Gasteiger partial charge in [-0.3, -0.25) is 4.79 Å². The first-order chi connectivity index (χ1) is 9.24. The molecule has 114 valence electrons. The highest BCUT2D eigenvalue weighted by atomic mass is 16.7. The minimum Gasteiger partial charge on any atom is -0.344 e. The Morgan fingerprint density at radius 1 is 0.789 bits per heavy atom. The van der Waals surface area contributed by atoms with Crippen molar-refractivity contribution in [2.75, 3.05) is 13.2 Å². The van der Waals surface area contributed by atoms with Crippen LogP contribution in [0.4, 0.5) is 0 Å². The average Bonchev–Trinajstić information content (AvgIpc) is 2.42. The van der Waals surface area contributed by atoms with E-state index in [0.717, 1.165) is 19.1 Å². The van der Waals surface area contributed by atoms with E-state index in [1.165, 1.54) is 38.5 Å². The second-order valence-electron chi connectivity index (χ2n) is 5.02. The Morgan fingerprint density at radius 2 is 1.26 bits per heavy atom. The van der Waals surface area contributed by atoms with E-state index in [9.17, 15) is 4.79 Å². The maximum atomic E-state index is 11.2. The molecule has 0 aromatic rings. The van der Waals surface area contributed by atoms with Gasteiger partial charge < -0.3 is 9.47 Å². The Bertz CT molecular complexity index is 198. The van der Waals surface area contributed by atoms with E-state index < -0.39 is 5.79 Å². The highest BCUT2D eigenvalue weighted by molar-refractivity contribution is 5.60. The van der Waals surface area contributed by atoms with Crippen LogP contribution in [0.15, 0.2) is 0 Å². The predicted molar refractivity (Wildman–Crippen MR) is 79.3 cm³/mol. The number of carbonyl (C=O) groups excluding carboxylic acids is 1. The molecule has 3 nitrogen and oxygen atoms in total. The van der Waals surface area contributed by atoms with Crippen molar-refractivity contribution in [3.05, 3.63) is 0 Å². The number of hydrogen-bond donors (Lipinski definition) is 0. The lowest BCUT2D eigenvalue weighted by Gasteiger charge is -2.27. The molecule has 0 aliphatic heterocycles. The lowest BCUT2D eigenvalue weighted by Crippen LogP contribution is -2.38. The molecule has 0 rings (SSSR count). The molecule has 0 aromatic heterocycles. The van der Waals surface area contributed by atoms with E-state index in [1.54, 1.807) is 0 Å². The van der Waals surface area contributed by atoms with Gasteiger partial charge in [-0.25, -0.2) is 0 Å². The van der Waals surface area contributed by atoms with E-state index in [0.29, 0.717) is 19.6 Å². The lowest BCUT2D eigenvalue weighted by atomic mass is 10.0. The minimum atomic E-state index is -0.994. The molecule has 0 aromatic carbocycles. The molecule has 19 heavy (non-hydrogen) atoms. The third kappa shape index (κ3) is 9.17. The quantitative estimate of drug-likeness (QED) is 0.265. The molecule has 0 aliphatic rings. The summed E-state index contributed by atoms with van der Waals surface area (Å²) in [5.74, 6) is -0.994. The molecule has 0 heterocycles. The highest BCUT2D eigenvalue weighted by Gasteiger charge is 2.30. The van der Waals surface area contributed by atoms with Crippen molar-refractivity contribution in [2.45, 2.75) is 84.3 Å². The molecule has 0 amide bonds. The Balaban J connectivity index is 3.71. The summed E-state index contributed by atoms with van der Waals surface area (Å²) >= 11 is 0. The van der Waals surface area contributed by atoms with Gasteiger partial charge in [-0.1, -0.05) is 51.9 Å². The van der Waals surface area contributed by atoms with Gasteiger partial charge >= 0.3 is 0 Å². The molecular weight excluding hydrogens is 240 g/mol. The molecule has 0 saturated heterocycles. The first kappa shape index (κ1) is 18.6. The Labute approximate surface area is 119 Å². The number of aldehydes is 1. The fourth-order valence-electron chi connectivity index (χ4n) is 2.31. The fourth-order valence-corrected chi connectivity index (χ4v) is 2.31. The summed E-state index contributed by atoms with van der Waals surface area (Å²) in [5, 5.41) is 0. The Morgan fingerprint density at radius 3 is 1.68 bits per heavy atom. The van der Waals surface area contributed by atoms with Crippen LogP contribution in [0.25, 0.3) is 0 Å². The maximum absolute atomic E-state index is 11.2. The van der Waals surface area contributed by atoms with Crippen LogP contribution in [-0.4, -0.2) is 25.3 Å². The summed E-state index contributed by atoms with van der Waals surface area (Å²) in [4.78, 5) is 11.2. The third-order valence-electron chi connectivity index (χ3n) is 3.34. The second-order valence-corrected chi connectivity index (χ2v) is 5.02. The van der Waals surface area contributed by atoms with Crippen LogP contribution in [0, 0.1) is 0 Å². The molecule has 0 spiro atoms. The van der Waals surface area contributed by atoms with Gasteiger partial charge in [-0.2, -0.15) is 0 Å². The molecule has 0 saturated carbocycles. The highest BCUT2D eigenvalue weighted by Crippen LogP contribution is 2.20. The van der Waals surface area contributed by atoms with Gasteiger partial charge in [0.1, 0.15) is 0 Å². The van der Waals surface area contributed by atoms with Gasteiger partial charge in [-0.15, -0.1) is 0 Å². The van der Waals surface area contributed by atoms with Gasteiger partial charge in [0, 0.05) is 19.6 Å². The summed E-state index contributed by atoms with van der Waals surface area (Å²) in [6.07, 6.45) is 11.5. The number of unbranched alkanes of at least 4 members (excludes halogenated alkanes) is 7. The summed E-state index contributed by atoms with van der Waals surface area (Å²) in [5.41, 5.74) is 0. The number of carbonyl (C=O) groups is 1. The average molecular weight is 272 g/mol. The largest absolute Gasteiger partial charge is 0.344 e. The maximum Gasteiger partial charge on any atom is 0.225 e. The van der Waals surface area contributed by atoms with E-state index in [4.69, 9.17) is 9.47 Å². The topological polar surface area (TPSA) is 35.5 Å². The van der Waals surface area contributed by atoms with Crippen LogP contribution in [0.5, 0.6) is 0 Å². The SMILES string of the molecule is CCCCCCCCCCC(C=O)(OCC)OCC. The van der Waals surface area contributed by atoms with Crippen molar-refractivity contribution >= 4 is 6.29 Å². The molecule has 0 N–H and O–H groups in total. The van der Waals surface area contributed by atoms with Crippen LogP contribution < -0.4 is 0 Å². The lowest BCUT2D eigenvalue weighted by molar-refractivity contribution is -0.219. The van der Waals surface area contributed by atoms with Crippen molar-refractivity contribution in [2.24, 2.45) is 0 Å². The summed E-state index contributed by atoms with van der Waals surface area (Å²) < 4.78 is 11.0. The first-order valence-electron chi connectivity index (χ1n) is 7.98. The standard InChI is InChI=1S/C16H32O3/c1-4-7-8-9-10-11-12-13-14-16(15-17,18-5-2)19-6-3/h15H,4-14H2,1-3H3. The summed E-state index contributed by atoms with van der Waals surface area (Å²) in [7, 11) is 0. The van der Waals surface area contributed by atoms with Crippen molar-refractivity contribution < 1.29 is 14.3 Å². The van der Waals surface area contributed by atoms with Gasteiger partial charge in [0.25, 0.3) is 0 Å². The fraction of sp³-hybridized carbons (Fsp3) is 0.938. The molecule has 0 aliphatic carbocycles. The first-order valence-corrected chi connectivity index (χ1v) is 7.98. The van der Waals surface area contributed by atoms with E-state index in [1.807, 2.05) is 13.8 Å². The molecule has 0 bridgehead atoms. The number of ether oxygens (including phenoxy) is 2. The summed E-state index contributed by atoms with van der Waals surface area (Å²) in [6.45, 7) is 7.04. The van der Waals surface area contributed by atoms with Gasteiger partial charge in [0.05, 0.1) is 0 Å². The van der Waals surface area contributed by atoms with E-state index in [2.05, 4.69) is 6.92 Å². The second kappa shape index (κ2) is 12.6. The Hall–Kier alpha value is -0.410. The molecular formula is C16H32O3. The zero-order valence-corrected chi connectivity index (χ0v) is 13.1. The van der Waals surface area contributed by atoms with Gasteiger partial charge in [0.15, 0.2) is 6.29 Å². The van der Waals surface area contributed by atoms with Crippen molar-refractivity contribution in [3.63, 3.8) is 0 Å². The van der Waals surface area contributed by atoms with Crippen molar-refractivity contribution in [1.29, 1.82) is 0 Å². The number of rotatable bonds is 14. The minimum absolute atomic E-state index is 0.510.